The van der Waals surface area contributed by atoms with Crippen LogP contribution in [0.3, 0.4) is 0 Å². The molecule has 29 heavy (non-hydrogen) atoms. The molecule has 0 aliphatic heterocycles. The quantitative estimate of drug-likeness (QED) is 0.607. The number of amides is 3. The van der Waals surface area contributed by atoms with E-state index in [-0.39, 0.29) is 12.0 Å². The van der Waals surface area contributed by atoms with Crippen molar-refractivity contribution >= 4 is 23.7 Å². The number of nitrogens with zero attached hydrogens (tertiary/aromatic N) is 4. The Morgan fingerprint density at radius 2 is 1.86 bits per heavy atom. The molecule has 0 aliphatic carbocycles. The second-order valence-corrected chi connectivity index (χ2v) is 8.54. The molecule has 3 amide bonds. The van der Waals surface area contributed by atoms with Crippen LogP contribution in [-0.2, 0) is 11.3 Å². The Morgan fingerprint density at radius 1 is 1.21 bits per heavy atom. The SMILES string of the molecule is CC[C@@H](c1nnc(S[C@H](C(=O)NC(N)=O)C(C)C)n1Cc1ccccc1)N(C)C. The maximum atomic E-state index is 12.5. The van der Waals surface area contributed by atoms with Gasteiger partial charge in [0, 0.05) is 0 Å². The molecule has 3 N–H and O–H groups in total. The van der Waals surface area contributed by atoms with Crippen molar-refractivity contribution in [2.24, 2.45) is 11.7 Å². The molecule has 0 fully saturated rings. The normalized spacial score (nSPS) is 13.5. The third-order valence-corrected chi connectivity index (χ3v) is 6.10. The summed E-state index contributed by atoms with van der Waals surface area (Å²) in [6.45, 7) is 6.55. The van der Waals surface area contributed by atoms with Gasteiger partial charge in [0.2, 0.25) is 5.91 Å². The van der Waals surface area contributed by atoms with Crippen LogP contribution in [0, 0.1) is 5.92 Å². The van der Waals surface area contributed by atoms with Gasteiger partial charge in [0.15, 0.2) is 11.0 Å². The van der Waals surface area contributed by atoms with Crippen molar-refractivity contribution < 1.29 is 9.59 Å². The molecule has 9 heteroatoms. The second kappa shape index (κ2) is 10.4. The number of hydrogen-bond donors (Lipinski definition) is 2. The van der Waals surface area contributed by atoms with E-state index in [0.717, 1.165) is 17.8 Å². The van der Waals surface area contributed by atoms with Crippen LogP contribution in [0.5, 0.6) is 0 Å². The molecule has 2 aromatic rings. The zero-order chi connectivity index (χ0) is 21.6. The topological polar surface area (TPSA) is 106 Å². The van der Waals surface area contributed by atoms with Crippen molar-refractivity contribution in [3.8, 4) is 0 Å². The van der Waals surface area contributed by atoms with Crippen LogP contribution in [0.25, 0.3) is 0 Å². The Morgan fingerprint density at radius 3 is 2.38 bits per heavy atom. The van der Waals surface area contributed by atoms with Gasteiger partial charge in [-0.05, 0) is 32.0 Å². The van der Waals surface area contributed by atoms with Crippen LogP contribution >= 0.6 is 11.8 Å². The van der Waals surface area contributed by atoms with Gasteiger partial charge >= 0.3 is 6.03 Å². The number of rotatable bonds is 9. The number of urea groups is 1. The zero-order valence-electron chi connectivity index (χ0n) is 17.6. The lowest BCUT2D eigenvalue weighted by atomic mass is 10.1. The Balaban J connectivity index is 2.43. The summed E-state index contributed by atoms with van der Waals surface area (Å²) in [6.07, 6.45) is 0.875. The van der Waals surface area contributed by atoms with Crippen LogP contribution in [0.15, 0.2) is 35.5 Å². The number of benzene rings is 1. The second-order valence-electron chi connectivity index (χ2n) is 7.44. The standard InChI is InChI=1S/C20H30N6O2S/c1-6-15(25(4)5)17-23-24-20(26(17)12-14-10-8-7-9-11-14)29-16(13(2)3)18(27)22-19(21)28/h7-11,13,15-16H,6,12H2,1-5H3,(H3,21,22,27,28)/t15-,16-/m0/s1. The van der Waals surface area contributed by atoms with Crippen molar-refractivity contribution in [3.05, 3.63) is 41.7 Å². The average molecular weight is 419 g/mol. The van der Waals surface area contributed by atoms with E-state index in [4.69, 9.17) is 5.73 Å². The summed E-state index contributed by atoms with van der Waals surface area (Å²) in [5.74, 6) is 0.398. The Hall–Kier alpha value is -2.39. The van der Waals surface area contributed by atoms with Crippen molar-refractivity contribution in [2.75, 3.05) is 14.1 Å². The van der Waals surface area contributed by atoms with Crippen LogP contribution in [0.4, 0.5) is 4.79 Å². The molecule has 0 spiro atoms. The molecule has 1 aromatic carbocycles. The minimum absolute atomic E-state index is 0.0273. The zero-order valence-corrected chi connectivity index (χ0v) is 18.4. The molecule has 0 aliphatic rings. The fourth-order valence-corrected chi connectivity index (χ4v) is 4.16. The molecule has 0 unspecified atom stereocenters. The lowest BCUT2D eigenvalue weighted by molar-refractivity contribution is -0.120. The number of carbonyl (C=O) groups excluding carboxylic acids is 2. The van der Waals surface area contributed by atoms with Crippen LogP contribution in [0.1, 0.15) is 44.6 Å². The molecule has 0 bridgehead atoms. The van der Waals surface area contributed by atoms with E-state index in [0.29, 0.717) is 11.7 Å². The number of hydrogen-bond acceptors (Lipinski definition) is 6. The number of carbonyl (C=O) groups is 2. The smallest absolute Gasteiger partial charge is 0.318 e. The molecule has 0 radical (unpaired) electrons. The van der Waals surface area contributed by atoms with E-state index in [2.05, 4.69) is 44.0 Å². The summed E-state index contributed by atoms with van der Waals surface area (Å²) in [5.41, 5.74) is 6.25. The van der Waals surface area contributed by atoms with E-state index in [1.54, 1.807) is 0 Å². The third kappa shape index (κ3) is 6.04. The Labute approximate surface area is 176 Å². The van der Waals surface area contributed by atoms with Gasteiger partial charge in [-0.25, -0.2) is 4.79 Å². The van der Waals surface area contributed by atoms with E-state index in [1.807, 2.05) is 46.1 Å². The summed E-state index contributed by atoms with van der Waals surface area (Å²) < 4.78 is 2.06. The van der Waals surface area contributed by atoms with Crippen molar-refractivity contribution in [2.45, 2.75) is 50.2 Å². The van der Waals surface area contributed by atoms with Gasteiger partial charge in [-0.15, -0.1) is 10.2 Å². The summed E-state index contributed by atoms with van der Waals surface area (Å²) in [6, 6.07) is 9.30. The van der Waals surface area contributed by atoms with Gasteiger partial charge in [-0.1, -0.05) is 62.9 Å². The highest BCUT2D eigenvalue weighted by atomic mass is 32.2. The Bertz CT molecular complexity index is 822. The van der Waals surface area contributed by atoms with E-state index < -0.39 is 17.2 Å². The van der Waals surface area contributed by atoms with E-state index in [9.17, 15) is 9.59 Å². The number of imide groups is 1. The first-order chi connectivity index (χ1) is 13.7. The summed E-state index contributed by atoms with van der Waals surface area (Å²) in [5, 5.41) is 11.2. The number of nitrogens with one attached hydrogen (secondary N) is 1. The van der Waals surface area contributed by atoms with Crippen LogP contribution in [-0.4, -0.2) is 50.9 Å². The average Bonchev–Trinajstić information content (AvgIpc) is 3.02. The monoisotopic (exact) mass is 418 g/mol. The lowest BCUT2D eigenvalue weighted by Gasteiger charge is -2.24. The molecule has 8 nitrogen and oxygen atoms in total. The molecule has 2 rings (SSSR count). The highest BCUT2D eigenvalue weighted by molar-refractivity contribution is 8.00. The molecular formula is C20H30N6O2S. The van der Waals surface area contributed by atoms with Crippen molar-refractivity contribution in [1.82, 2.24) is 25.0 Å². The van der Waals surface area contributed by atoms with Gasteiger partial charge in [0.1, 0.15) is 0 Å². The first-order valence-corrected chi connectivity index (χ1v) is 10.5. The maximum Gasteiger partial charge on any atom is 0.318 e. The first kappa shape index (κ1) is 22.9. The van der Waals surface area contributed by atoms with Crippen molar-refractivity contribution in [1.29, 1.82) is 0 Å². The van der Waals surface area contributed by atoms with E-state index >= 15 is 0 Å². The van der Waals surface area contributed by atoms with Crippen molar-refractivity contribution in [3.63, 3.8) is 0 Å². The van der Waals surface area contributed by atoms with Crippen LogP contribution in [0.2, 0.25) is 0 Å². The van der Waals surface area contributed by atoms with Gasteiger partial charge in [0.05, 0.1) is 17.8 Å². The largest absolute Gasteiger partial charge is 0.351 e. The number of nitrogens with two attached hydrogens (primary N) is 1. The summed E-state index contributed by atoms with van der Waals surface area (Å²) in [7, 11) is 4.03. The highest BCUT2D eigenvalue weighted by Gasteiger charge is 2.29. The van der Waals surface area contributed by atoms with Gasteiger partial charge < -0.3 is 10.3 Å². The summed E-state index contributed by atoms with van der Waals surface area (Å²) in [4.78, 5) is 25.7. The number of thioether (sulfide) groups is 1. The third-order valence-electron chi connectivity index (χ3n) is 4.58. The lowest BCUT2D eigenvalue weighted by Crippen LogP contribution is -2.42. The molecule has 0 saturated heterocycles. The van der Waals surface area contributed by atoms with Gasteiger partial charge in [-0.3, -0.25) is 15.0 Å². The predicted molar refractivity (Wildman–Crippen MR) is 114 cm³/mol. The maximum absolute atomic E-state index is 12.5. The molecule has 1 heterocycles. The molecule has 0 saturated carbocycles. The number of aromatic nitrogens is 3. The van der Waals surface area contributed by atoms with Crippen LogP contribution < -0.4 is 11.1 Å². The molecular weight excluding hydrogens is 388 g/mol. The fourth-order valence-electron chi connectivity index (χ4n) is 3.13. The molecule has 158 valence electrons. The molecule has 1 aromatic heterocycles. The minimum atomic E-state index is -0.855. The minimum Gasteiger partial charge on any atom is -0.351 e. The predicted octanol–water partition coefficient (Wildman–Crippen LogP) is 2.65. The first-order valence-electron chi connectivity index (χ1n) is 9.65. The Kier molecular flexibility index (Phi) is 8.21. The summed E-state index contributed by atoms with van der Waals surface area (Å²) >= 11 is 1.30. The fraction of sp³-hybridized carbons (Fsp3) is 0.500. The highest BCUT2D eigenvalue weighted by Crippen LogP contribution is 2.31. The van der Waals surface area contributed by atoms with E-state index in [1.165, 1.54) is 11.8 Å². The van der Waals surface area contributed by atoms with Gasteiger partial charge in [-0.2, -0.15) is 0 Å². The molecule has 2 atom stereocenters. The number of primary amides is 1. The van der Waals surface area contributed by atoms with Gasteiger partial charge in [0.25, 0.3) is 0 Å².